The highest BCUT2D eigenvalue weighted by Crippen LogP contribution is 2.27. The Labute approximate surface area is 216 Å². The van der Waals surface area contributed by atoms with Crippen molar-refractivity contribution in [1.82, 2.24) is 14.9 Å². The molecule has 0 fully saturated rings. The zero-order valence-corrected chi connectivity index (χ0v) is 21.8. The molecule has 3 aromatic rings. The first kappa shape index (κ1) is 27.3. The van der Waals surface area contributed by atoms with Crippen molar-refractivity contribution in [3.63, 3.8) is 0 Å². The number of aryl methyl sites for hydroxylation is 1. The molecule has 0 radical (unpaired) electrons. The lowest BCUT2D eigenvalue weighted by atomic mass is 9.98. The first-order chi connectivity index (χ1) is 17.1. The van der Waals surface area contributed by atoms with Crippen molar-refractivity contribution in [2.75, 3.05) is 6.61 Å². The summed E-state index contributed by atoms with van der Waals surface area (Å²) in [5, 5.41) is 12.0. The zero-order valence-electron chi connectivity index (χ0n) is 20.9. The van der Waals surface area contributed by atoms with Gasteiger partial charge in [-0.3, -0.25) is 9.36 Å². The second kappa shape index (κ2) is 12.1. The Morgan fingerprint density at radius 2 is 1.94 bits per heavy atom. The maximum Gasteiger partial charge on any atom is 0.336 e. The van der Waals surface area contributed by atoms with Crippen LogP contribution >= 0.6 is 12.6 Å². The summed E-state index contributed by atoms with van der Waals surface area (Å²) in [7, 11) is 0. The molecule has 0 bridgehead atoms. The van der Waals surface area contributed by atoms with E-state index < -0.39 is 17.0 Å². The molecule has 0 aliphatic heterocycles. The standard InChI is InChI=1S/C27H32FN3O4S/c1-5-35-27-30-17(4)23(14-29-25(32)24(36)12-16(2)3)31(27)15-19-11-10-18(13-22(19)28)20-8-6-7-9-21(20)26(33)34/h6-11,13,16,24,36H,5,12,14-15H2,1-4H3,(H,29,32)(H,33,34)/t24-/m0/s1. The Morgan fingerprint density at radius 3 is 2.58 bits per heavy atom. The van der Waals surface area contributed by atoms with Crippen molar-refractivity contribution < 1.29 is 23.8 Å². The number of thiol groups is 1. The summed E-state index contributed by atoms with van der Waals surface area (Å²) >= 11 is 4.41. The number of rotatable bonds is 11. The molecule has 2 N–H and O–H groups in total. The molecule has 9 heteroatoms. The van der Waals surface area contributed by atoms with Crippen LogP contribution in [0.2, 0.25) is 0 Å². The summed E-state index contributed by atoms with van der Waals surface area (Å²) in [6, 6.07) is 11.5. The summed E-state index contributed by atoms with van der Waals surface area (Å²) in [6.07, 6.45) is 0.653. The van der Waals surface area contributed by atoms with Crippen LogP contribution in [0.15, 0.2) is 42.5 Å². The number of imidazole rings is 1. The Bertz CT molecular complexity index is 1240. The van der Waals surface area contributed by atoms with Crippen molar-refractivity contribution in [1.29, 1.82) is 0 Å². The van der Waals surface area contributed by atoms with Gasteiger partial charge in [0.25, 0.3) is 6.01 Å². The van der Waals surface area contributed by atoms with Crippen LogP contribution < -0.4 is 10.1 Å². The quantitative estimate of drug-likeness (QED) is 0.310. The Morgan fingerprint density at radius 1 is 1.22 bits per heavy atom. The van der Waals surface area contributed by atoms with Crippen LogP contribution in [0, 0.1) is 18.7 Å². The van der Waals surface area contributed by atoms with E-state index in [0.29, 0.717) is 53.0 Å². The molecule has 1 aromatic heterocycles. The fraction of sp³-hybridized carbons (Fsp3) is 0.370. The van der Waals surface area contributed by atoms with Crippen LogP contribution in [0.25, 0.3) is 11.1 Å². The third-order valence-electron chi connectivity index (χ3n) is 5.79. The molecule has 7 nitrogen and oxygen atoms in total. The van der Waals surface area contributed by atoms with E-state index in [4.69, 9.17) is 4.74 Å². The first-order valence-corrected chi connectivity index (χ1v) is 12.4. The molecule has 0 saturated carbocycles. The number of benzene rings is 2. The van der Waals surface area contributed by atoms with E-state index in [-0.39, 0.29) is 24.6 Å². The van der Waals surface area contributed by atoms with Gasteiger partial charge < -0.3 is 15.2 Å². The number of nitrogens with one attached hydrogen (secondary N) is 1. The van der Waals surface area contributed by atoms with E-state index in [2.05, 4.69) is 22.9 Å². The van der Waals surface area contributed by atoms with Gasteiger partial charge in [0.1, 0.15) is 5.82 Å². The lowest BCUT2D eigenvalue weighted by Crippen LogP contribution is -2.32. The highest BCUT2D eigenvalue weighted by molar-refractivity contribution is 7.81. The van der Waals surface area contributed by atoms with Crippen molar-refractivity contribution in [2.45, 2.75) is 52.5 Å². The SMILES string of the molecule is CCOc1nc(C)c(CNC(=O)[C@@H](S)CC(C)C)n1Cc1ccc(-c2ccccc2C(=O)O)cc1F. The van der Waals surface area contributed by atoms with E-state index >= 15 is 4.39 Å². The van der Waals surface area contributed by atoms with Gasteiger partial charge in [0, 0.05) is 5.56 Å². The number of carbonyl (C=O) groups excluding carboxylic acids is 1. The van der Waals surface area contributed by atoms with Crippen molar-refractivity contribution >= 4 is 24.5 Å². The monoisotopic (exact) mass is 513 g/mol. The van der Waals surface area contributed by atoms with E-state index in [1.807, 2.05) is 27.7 Å². The molecule has 0 spiro atoms. The molecule has 1 heterocycles. The Hall–Kier alpha value is -3.33. The lowest BCUT2D eigenvalue weighted by molar-refractivity contribution is -0.121. The van der Waals surface area contributed by atoms with Gasteiger partial charge in [-0.15, -0.1) is 0 Å². The van der Waals surface area contributed by atoms with Gasteiger partial charge in [0.2, 0.25) is 5.91 Å². The van der Waals surface area contributed by atoms with Gasteiger partial charge >= 0.3 is 5.97 Å². The topological polar surface area (TPSA) is 93.5 Å². The third-order valence-corrected chi connectivity index (χ3v) is 6.23. The van der Waals surface area contributed by atoms with Crippen molar-refractivity contribution in [3.05, 3.63) is 70.8 Å². The smallest absolute Gasteiger partial charge is 0.336 e. The predicted molar refractivity (Wildman–Crippen MR) is 140 cm³/mol. The van der Waals surface area contributed by atoms with Crippen LogP contribution in [-0.4, -0.2) is 38.4 Å². The van der Waals surface area contributed by atoms with Crippen LogP contribution in [0.1, 0.15) is 54.5 Å². The van der Waals surface area contributed by atoms with Gasteiger partial charge in [-0.2, -0.15) is 12.6 Å². The zero-order chi connectivity index (χ0) is 26.4. The first-order valence-electron chi connectivity index (χ1n) is 11.9. The number of halogens is 1. The molecular weight excluding hydrogens is 481 g/mol. The van der Waals surface area contributed by atoms with E-state index in [9.17, 15) is 14.7 Å². The molecule has 1 atom stereocenters. The summed E-state index contributed by atoms with van der Waals surface area (Å²) in [4.78, 5) is 28.6. The minimum absolute atomic E-state index is 0.103. The Balaban J connectivity index is 1.89. The maximum absolute atomic E-state index is 15.2. The van der Waals surface area contributed by atoms with E-state index in [0.717, 1.165) is 0 Å². The molecule has 2 aromatic carbocycles. The number of carbonyl (C=O) groups is 2. The number of hydrogen-bond acceptors (Lipinski definition) is 5. The minimum atomic E-state index is -1.08. The summed E-state index contributed by atoms with van der Waals surface area (Å²) in [5.41, 5.74) is 2.77. The second-order valence-electron chi connectivity index (χ2n) is 8.97. The largest absolute Gasteiger partial charge is 0.478 e. The normalized spacial score (nSPS) is 12.0. The molecule has 36 heavy (non-hydrogen) atoms. The molecule has 0 unspecified atom stereocenters. The van der Waals surface area contributed by atoms with Gasteiger partial charge in [-0.05, 0) is 49.4 Å². The lowest BCUT2D eigenvalue weighted by Gasteiger charge is -2.16. The van der Waals surface area contributed by atoms with Gasteiger partial charge in [-0.25, -0.2) is 14.2 Å². The molecule has 192 valence electrons. The third kappa shape index (κ3) is 6.46. The molecule has 0 saturated heterocycles. The summed E-state index contributed by atoms with van der Waals surface area (Å²) in [5.74, 6) is -1.40. The van der Waals surface area contributed by atoms with E-state index in [1.165, 1.54) is 12.1 Å². The molecule has 1 amide bonds. The summed E-state index contributed by atoms with van der Waals surface area (Å²) in [6.45, 7) is 8.42. The molecule has 0 aliphatic carbocycles. The van der Waals surface area contributed by atoms with Crippen LogP contribution in [0.5, 0.6) is 6.01 Å². The van der Waals surface area contributed by atoms with Crippen molar-refractivity contribution in [3.8, 4) is 17.1 Å². The number of carboxylic acids is 1. The number of carboxylic acid groups (broad SMARTS) is 1. The maximum atomic E-state index is 15.2. The second-order valence-corrected chi connectivity index (χ2v) is 9.59. The van der Waals surface area contributed by atoms with Crippen molar-refractivity contribution in [2.24, 2.45) is 5.92 Å². The highest BCUT2D eigenvalue weighted by Gasteiger charge is 2.21. The number of nitrogens with zero attached hydrogens (tertiary/aromatic N) is 2. The van der Waals surface area contributed by atoms with Gasteiger partial charge in [-0.1, -0.05) is 44.2 Å². The summed E-state index contributed by atoms with van der Waals surface area (Å²) < 4.78 is 22.7. The average molecular weight is 514 g/mol. The molecular formula is C27H32FN3O4S. The Kier molecular flexibility index (Phi) is 9.14. The fourth-order valence-corrected chi connectivity index (χ4v) is 4.49. The molecule has 0 aliphatic rings. The minimum Gasteiger partial charge on any atom is -0.478 e. The van der Waals surface area contributed by atoms with Crippen LogP contribution in [-0.2, 0) is 17.9 Å². The highest BCUT2D eigenvalue weighted by atomic mass is 32.1. The van der Waals surface area contributed by atoms with Gasteiger partial charge in [0.15, 0.2) is 0 Å². The van der Waals surface area contributed by atoms with Crippen LogP contribution in [0.3, 0.4) is 0 Å². The number of ether oxygens (including phenoxy) is 1. The van der Waals surface area contributed by atoms with Gasteiger partial charge in [0.05, 0.1) is 41.9 Å². The number of aromatic carboxylic acids is 1. The fourth-order valence-electron chi connectivity index (χ4n) is 3.98. The predicted octanol–water partition coefficient (Wildman–Crippen LogP) is 5.10. The van der Waals surface area contributed by atoms with Crippen LogP contribution in [0.4, 0.5) is 4.39 Å². The average Bonchev–Trinajstić information content (AvgIpc) is 3.12. The number of hydrogen-bond donors (Lipinski definition) is 3. The van der Waals surface area contributed by atoms with E-state index in [1.54, 1.807) is 34.9 Å². The number of aromatic nitrogens is 2. The number of amides is 1. The molecule has 3 rings (SSSR count).